The lowest BCUT2D eigenvalue weighted by Crippen LogP contribution is -2.49. The minimum atomic E-state index is -0.254. The van der Waals surface area contributed by atoms with Gasteiger partial charge in [0.25, 0.3) is 0 Å². The Hall–Kier alpha value is -2.17. The molecule has 1 spiro atoms. The van der Waals surface area contributed by atoms with Crippen molar-refractivity contribution in [3.63, 3.8) is 0 Å². The highest BCUT2D eigenvalue weighted by atomic mass is 16.5. The predicted octanol–water partition coefficient (Wildman–Crippen LogP) is 5.95. The number of hydrogen-bond acceptors (Lipinski definition) is 4. The molecule has 1 saturated carbocycles. The fourth-order valence-electron chi connectivity index (χ4n) is 7.95. The Morgan fingerprint density at radius 1 is 1.06 bits per heavy atom. The molecule has 0 radical (unpaired) electrons. The Labute approximate surface area is 203 Å². The Morgan fingerprint density at radius 2 is 1.85 bits per heavy atom. The zero-order chi connectivity index (χ0) is 23.7. The Morgan fingerprint density at radius 3 is 2.56 bits per heavy atom. The molecule has 3 unspecified atom stereocenters. The molecule has 3 aliphatic carbocycles. The van der Waals surface area contributed by atoms with Crippen LogP contribution in [0.3, 0.4) is 0 Å². The molecule has 1 aromatic rings. The van der Waals surface area contributed by atoms with E-state index in [9.17, 15) is 4.79 Å². The van der Waals surface area contributed by atoms with Crippen LogP contribution in [0.5, 0.6) is 0 Å². The van der Waals surface area contributed by atoms with Crippen LogP contribution in [-0.2, 0) is 14.3 Å². The van der Waals surface area contributed by atoms with Crippen LogP contribution < -0.4 is 4.90 Å². The first kappa shape index (κ1) is 22.3. The van der Waals surface area contributed by atoms with Gasteiger partial charge < -0.3 is 14.4 Å². The molecule has 5 atom stereocenters. The van der Waals surface area contributed by atoms with Gasteiger partial charge >= 0.3 is 0 Å². The number of ketones is 1. The molecule has 34 heavy (non-hydrogen) atoms. The van der Waals surface area contributed by atoms with Crippen LogP contribution in [0, 0.1) is 17.3 Å². The molecule has 2 heterocycles. The van der Waals surface area contributed by atoms with Gasteiger partial charge in [-0.3, -0.25) is 4.79 Å². The molecular formula is C30H37NO3. The van der Waals surface area contributed by atoms with Gasteiger partial charge in [-0.05, 0) is 96.4 Å². The maximum absolute atomic E-state index is 12.3. The lowest BCUT2D eigenvalue weighted by Gasteiger charge is -2.45. The van der Waals surface area contributed by atoms with Crippen LogP contribution in [0.4, 0.5) is 5.69 Å². The molecule has 0 N–H and O–H groups in total. The quantitative estimate of drug-likeness (QED) is 0.512. The highest BCUT2D eigenvalue weighted by Crippen LogP contribution is 2.65. The van der Waals surface area contributed by atoms with E-state index < -0.39 is 0 Å². The summed E-state index contributed by atoms with van der Waals surface area (Å²) in [7, 11) is 4.15. The number of allylic oxidation sites excluding steroid dienone is 3. The summed E-state index contributed by atoms with van der Waals surface area (Å²) in [6, 6.07) is 8.86. The van der Waals surface area contributed by atoms with Crippen LogP contribution in [0.1, 0.15) is 63.5 Å². The standard InChI is InChI=1S/C30H37NO3/c1-19-14-16-34-30(19)15-13-26-25-11-7-21-17-23(32)10-12-24(21)27(25)28(33-18-29(26,30)2)20-5-8-22(9-6-20)31(3)4/h5-6,8-9,17,25-26,28H,1,7,10-16,18H2,2-4H3/t25?,26?,28-,29+,30?/m1/s1. The lowest BCUT2D eigenvalue weighted by atomic mass is 9.61. The minimum Gasteiger partial charge on any atom is -0.378 e. The molecule has 1 aromatic carbocycles. The zero-order valence-corrected chi connectivity index (χ0v) is 20.9. The van der Waals surface area contributed by atoms with E-state index in [1.165, 1.54) is 33.5 Å². The van der Waals surface area contributed by atoms with Gasteiger partial charge in [0, 0.05) is 31.6 Å². The van der Waals surface area contributed by atoms with E-state index in [4.69, 9.17) is 9.47 Å². The number of anilines is 1. The second kappa shape index (κ2) is 7.93. The van der Waals surface area contributed by atoms with Gasteiger partial charge in [0.15, 0.2) is 5.78 Å². The van der Waals surface area contributed by atoms with Crippen molar-refractivity contribution >= 4 is 11.5 Å². The summed E-state index contributed by atoms with van der Waals surface area (Å²) in [4.78, 5) is 14.4. The zero-order valence-electron chi connectivity index (χ0n) is 20.9. The van der Waals surface area contributed by atoms with Crippen LogP contribution >= 0.6 is 0 Å². The van der Waals surface area contributed by atoms with Crippen LogP contribution in [0.2, 0.25) is 0 Å². The van der Waals surface area contributed by atoms with Crippen LogP contribution in [0.15, 0.2) is 59.2 Å². The molecule has 0 aromatic heterocycles. The van der Waals surface area contributed by atoms with E-state index in [0.717, 1.165) is 45.1 Å². The summed E-state index contributed by atoms with van der Waals surface area (Å²) in [5, 5.41) is 0. The van der Waals surface area contributed by atoms with Gasteiger partial charge in [-0.15, -0.1) is 0 Å². The molecule has 2 aliphatic heterocycles. The van der Waals surface area contributed by atoms with Crippen molar-refractivity contribution in [2.24, 2.45) is 17.3 Å². The summed E-state index contributed by atoms with van der Waals surface area (Å²) in [6.45, 7) is 8.37. The fraction of sp³-hybridized carbons (Fsp3) is 0.567. The summed E-state index contributed by atoms with van der Waals surface area (Å²) in [5.74, 6) is 1.25. The molecule has 4 heteroatoms. The maximum atomic E-state index is 12.3. The summed E-state index contributed by atoms with van der Waals surface area (Å²) >= 11 is 0. The highest BCUT2D eigenvalue weighted by Gasteiger charge is 2.64. The smallest absolute Gasteiger partial charge is 0.156 e. The molecule has 2 saturated heterocycles. The largest absolute Gasteiger partial charge is 0.378 e. The monoisotopic (exact) mass is 459 g/mol. The number of carbonyl (C=O) groups is 1. The SMILES string of the molecule is C=C1CCOC12CCC1C3CCC4=CC(=O)CCC4=C3[C@@H](c3ccc(N(C)C)cc3)OC[C@@]12C. The summed E-state index contributed by atoms with van der Waals surface area (Å²) in [6.07, 6.45) is 8.60. The molecule has 0 bridgehead atoms. The Balaban J connectivity index is 1.50. The van der Waals surface area contributed by atoms with Crippen molar-refractivity contribution in [3.05, 3.63) is 64.8 Å². The van der Waals surface area contributed by atoms with Crippen molar-refractivity contribution in [2.45, 2.75) is 63.6 Å². The molecule has 4 nitrogen and oxygen atoms in total. The van der Waals surface area contributed by atoms with Crippen molar-refractivity contribution in [1.82, 2.24) is 0 Å². The third kappa shape index (κ3) is 3.07. The molecule has 5 aliphatic rings. The lowest BCUT2D eigenvalue weighted by molar-refractivity contribution is -0.114. The predicted molar refractivity (Wildman–Crippen MR) is 135 cm³/mol. The molecule has 180 valence electrons. The van der Waals surface area contributed by atoms with Gasteiger partial charge in [0.2, 0.25) is 0 Å². The average Bonchev–Trinajstić information content (AvgIpc) is 3.30. The normalized spacial score (nSPS) is 37.3. The third-order valence-electron chi connectivity index (χ3n) is 9.72. The number of benzene rings is 1. The number of fused-ring (bicyclic) bond motifs is 5. The second-order valence-electron chi connectivity index (χ2n) is 11.5. The first-order valence-corrected chi connectivity index (χ1v) is 13.0. The van der Waals surface area contributed by atoms with Crippen LogP contribution in [0.25, 0.3) is 0 Å². The first-order valence-electron chi connectivity index (χ1n) is 13.0. The van der Waals surface area contributed by atoms with Crippen molar-refractivity contribution in [3.8, 4) is 0 Å². The Kier molecular flexibility index (Phi) is 5.20. The maximum Gasteiger partial charge on any atom is 0.156 e. The number of hydrogen-bond donors (Lipinski definition) is 0. The summed E-state index contributed by atoms with van der Waals surface area (Å²) in [5.41, 5.74) is 7.47. The number of nitrogens with zero attached hydrogens (tertiary/aromatic N) is 1. The average molecular weight is 460 g/mol. The Bertz CT molecular complexity index is 1100. The third-order valence-corrected chi connectivity index (χ3v) is 9.72. The topological polar surface area (TPSA) is 38.8 Å². The van der Waals surface area contributed by atoms with E-state index in [-0.39, 0.29) is 22.9 Å². The van der Waals surface area contributed by atoms with Crippen molar-refractivity contribution in [2.75, 3.05) is 32.2 Å². The molecule has 6 rings (SSSR count). The van der Waals surface area contributed by atoms with Gasteiger partial charge in [0.1, 0.15) is 6.10 Å². The fourth-order valence-corrected chi connectivity index (χ4v) is 7.95. The highest BCUT2D eigenvalue weighted by molar-refractivity contribution is 5.93. The number of carbonyl (C=O) groups excluding carboxylic acids is 1. The second-order valence-corrected chi connectivity index (χ2v) is 11.5. The molecule has 0 amide bonds. The number of ether oxygens (including phenoxy) is 2. The summed E-state index contributed by atoms with van der Waals surface area (Å²) < 4.78 is 13.5. The van der Waals surface area contributed by atoms with Gasteiger partial charge in [-0.1, -0.05) is 25.6 Å². The molecular weight excluding hydrogens is 422 g/mol. The van der Waals surface area contributed by atoms with Crippen molar-refractivity contribution < 1.29 is 14.3 Å². The molecule has 3 fully saturated rings. The first-order chi connectivity index (χ1) is 16.3. The van der Waals surface area contributed by atoms with E-state index in [1.807, 2.05) is 6.08 Å². The van der Waals surface area contributed by atoms with Gasteiger partial charge in [-0.25, -0.2) is 0 Å². The van der Waals surface area contributed by atoms with E-state index >= 15 is 0 Å². The van der Waals surface area contributed by atoms with E-state index in [1.54, 1.807) is 0 Å². The van der Waals surface area contributed by atoms with E-state index in [2.05, 4.69) is 56.8 Å². The number of rotatable bonds is 2. The van der Waals surface area contributed by atoms with E-state index in [0.29, 0.717) is 24.9 Å². The van der Waals surface area contributed by atoms with Gasteiger partial charge in [-0.2, -0.15) is 0 Å². The minimum absolute atomic E-state index is 0.0674. The van der Waals surface area contributed by atoms with Crippen molar-refractivity contribution in [1.29, 1.82) is 0 Å². The van der Waals surface area contributed by atoms with Gasteiger partial charge in [0.05, 0.1) is 18.8 Å². The van der Waals surface area contributed by atoms with Crippen LogP contribution in [-0.4, -0.2) is 38.7 Å².